The van der Waals surface area contributed by atoms with Gasteiger partial charge < -0.3 is 32.3 Å². The Bertz CT molecular complexity index is 1600. The number of carbonyl (C=O) groups excluding carboxylic acids is 3. The summed E-state index contributed by atoms with van der Waals surface area (Å²) >= 11 is 0. The van der Waals surface area contributed by atoms with Crippen LogP contribution in [0.2, 0.25) is 0 Å². The number of anilines is 3. The Hall–Kier alpha value is -4.55. The van der Waals surface area contributed by atoms with E-state index in [0.29, 0.717) is 42.1 Å². The van der Waals surface area contributed by atoms with Gasteiger partial charge in [-0.3, -0.25) is 14.4 Å². The maximum Gasteiger partial charge on any atom is 0.251 e. The van der Waals surface area contributed by atoms with E-state index in [0.717, 1.165) is 37.8 Å². The predicted molar refractivity (Wildman–Crippen MR) is 233 cm³/mol. The Morgan fingerprint density at radius 1 is 0.684 bits per heavy atom. The van der Waals surface area contributed by atoms with E-state index < -0.39 is 6.04 Å². The van der Waals surface area contributed by atoms with Gasteiger partial charge in [0.05, 0.1) is 18.4 Å². The quantitative estimate of drug-likeness (QED) is 0.0397. The van der Waals surface area contributed by atoms with Gasteiger partial charge in [0.1, 0.15) is 6.04 Å². The van der Waals surface area contributed by atoms with Gasteiger partial charge in [0, 0.05) is 37.8 Å². The van der Waals surface area contributed by atoms with Gasteiger partial charge in [0.25, 0.3) is 5.91 Å². The lowest BCUT2D eigenvalue weighted by molar-refractivity contribution is -0.124. The minimum absolute atomic E-state index is 0.0416. The van der Waals surface area contributed by atoms with Gasteiger partial charge in [-0.1, -0.05) is 129 Å². The lowest BCUT2D eigenvalue weighted by Crippen LogP contribution is -2.47. The minimum Gasteiger partial charge on any atom is -0.382 e. The Balaban J connectivity index is 1.48. The van der Waals surface area contributed by atoms with E-state index in [-0.39, 0.29) is 42.3 Å². The van der Waals surface area contributed by atoms with E-state index in [1.807, 2.05) is 24.1 Å². The summed E-state index contributed by atoms with van der Waals surface area (Å²) < 4.78 is 0. The molecule has 13 nitrogen and oxygen atoms in total. The van der Waals surface area contributed by atoms with E-state index in [9.17, 15) is 14.4 Å². The van der Waals surface area contributed by atoms with Crippen LogP contribution in [0.25, 0.3) is 11.2 Å². The summed E-state index contributed by atoms with van der Waals surface area (Å²) in [5, 5.41) is 8.94. The van der Waals surface area contributed by atoms with Crippen molar-refractivity contribution in [3.63, 3.8) is 0 Å². The molecule has 0 saturated heterocycles. The second-order valence-corrected chi connectivity index (χ2v) is 15.5. The number of amides is 3. The molecule has 1 atom stereocenters. The molecular weight excluding hydrogens is 717 g/mol. The number of fused-ring (bicyclic) bond motifs is 1. The van der Waals surface area contributed by atoms with Crippen molar-refractivity contribution in [3.05, 3.63) is 41.7 Å². The third kappa shape index (κ3) is 19.0. The summed E-state index contributed by atoms with van der Waals surface area (Å²) in [6.07, 6.45) is 26.5. The molecular formula is C44H72N10O3. The number of nitrogen functional groups attached to an aromatic ring is 2. The SMILES string of the molecule is CCCCCCCCCCCCNC(=O)CC[C@H](NC(=O)c1ccc(N(C)Cc2cnc3nc(N)nc(N)c3n2)cc1)C(=O)NCCCCCCCCCCCC. The van der Waals surface area contributed by atoms with Gasteiger partial charge in [-0.15, -0.1) is 0 Å². The van der Waals surface area contributed by atoms with Crippen molar-refractivity contribution < 1.29 is 14.4 Å². The molecule has 0 saturated carbocycles. The molecule has 13 heteroatoms. The van der Waals surface area contributed by atoms with Crippen LogP contribution in [-0.2, 0) is 16.1 Å². The first-order valence-electron chi connectivity index (χ1n) is 21.9. The van der Waals surface area contributed by atoms with Crippen molar-refractivity contribution in [1.82, 2.24) is 35.9 Å². The number of hydrogen-bond acceptors (Lipinski definition) is 10. The number of nitrogens with two attached hydrogens (primary N) is 2. The van der Waals surface area contributed by atoms with Gasteiger partial charge in [-0.25, -0.2) is 9.97 Å². The second-order valence-electron chi connectivity index (χ2n) is 15.5. The summed E-state index contributed by atoms with van der Waals surface area (Å²) in [4.78, 5) is 58.5. The standard InChI is InChI=1S/C44H72N10O3/c1-4-6-8-10-12-14-16-18-20-22-30-47-38(55)29-28-37(43(57)48-31-23-21-19-17-15-13-11-9-7-5-2)51-42(56)34-24-26-36(27-25-34)54(3)33-35-32-49-41-39(50-35)40(45)52-44(46)53-41/h24-27,32,37H,4-23,28-31,33H2,1-3H3,(H,47,55)(H,48,57)(H,51,56)(H4,45,46,49,52,53)/t37-/m0/s1. The second kappa shape index (κ2) is 27.9. The number of nitrogens with zero attached hydrogens (tertiary/aromatic N) is 5. The molecule has 0 aliphatic carbocycles. The van der Waals surface area contributed by atoms with Crippen molar-refractivity contribution in [2.75, 3.05) is 36.5 Å². The van der Waals surface area contributed by atoms with Crippen LogP contribution in [-0.4, -0.2) is 63.8 Å². The lowest BCUT2D eigenvalue weighted by atomic mass is 10.1. The molecule has 1 aromatic carbocycles. The monoisotopic (exact) mass is 789 g/mol. The summed E-state index contributed by atoms with van der Waals surface area (Å²) in [6, 6.07) is 6.29. The number of benzene rings is 1. The Morgan fingerprint density at radius 3 is 1.77 bits per heavy atom. The van der Waals surface area contributed by atoms with Crippen molar-refractivity contribution in [2.45, 2.75) is 168 Å². The van der Waals surface area contributed by atoms with Crippen LogP contribution >= 0.6 is 0 Å². The van der Waals surface area contributed by atoms with Crippen molar-refractivity contribution in [1.29, 1.82) is 0 Å². The molecule has 7 N–H and O–H groups in total. The molecule has 3 rings (SSSR count). The van der Waals surface area contributed by atoms with E-state index in [4.69, 9.17) is 11.5 Å². The predicted octanol–water partition coefficient (Wildman–Crippen LogP) is 8.17. The minimum atomic E-state index is -0.829. The topological polar surface area (TPSA) is 194 Å². The molecule has 0 spiro atoms. The number of unbranched alkanes of at least 4 members (excludes halogenated alkanes) is 18. The third-order valence-electron chi connectivity index (χ3n) is 10.4. The van der Waals surface area contributed by atoms with Crippen molar-refractivity contribution in [3.8, 4) is 0 Å². The molecule has 57 heavy (non-hydrogen) atoms. The van der Waals surface area contributed by atoms with Crippen LogP contribution in [0.15, 0.2) is 30.5 Å². The normalized spacial score (nSPS) is 11.7. The van der Waals surface area contributed by atoms with Gasteiger partial charge in [0.2, 0.25) is 17.8 Å². The average molecular weight is 789 g/mol. The average Bonchev–Trinajstić information content (AvgIpc) is 3.20. The molecule has 316 valence electrons. The van der Waals surface area contributed by atoms with E-state index >= 15 is 0 Å². The molecule has 0 unspecified atom stereocenters. The fourth-order valence-electron chi connectivity index (χ4n) is 6.92. The maximum atomic E-state index is 13.4. The zero-order chi connectivity index (χ0) is 41.1. The van der Waals surface area contributed by atoms with Gasteiger partial charge >= 0.3 is 0 Å². The van der Waals surface area contributed by atoms with Gasteiger partial charge in [-0.2, -0.15) is 9.97 Å². The summed E-state index contributed by atoms with van der Waals surface area (Å²) in [5.74, 6) is -0.524. The zero-order valence-corrected chi connectivity index (χ0v) is 35.3. The Kier molecular flexibility index (Phi) is 23.0. The molecule has 0 aliphatic heterocycles. The smallest absolute Gasteiger partial charge is 0.251 e. The van der Waals surface area contributed by atoms with Crippen molar-refractivity contribution >= 4 is 46.3 Å². The molecule has 2 heterocycles. The first-order chi connectivity index (χ1) is 27.7. The summed E-state index contributed by atoms with van der Waals surface area (Å²) in [6.45, 7) is 6.07. The molecule has 0 aliphatic rings. The first kappa shape index (κ1) is 46.8. The third-order valence-corrected chi connectivity index (χ3v) is 10.4. The fourth-order valence-corrected chi connectivity index (χ4v) is 6.92. The van der Waals surface area contributed by atoms with Crippen LogP contribution in [0, 0.1) is 0 Å². The molecule has 3 aromatic rings. The van der Waals surface area contributed by atoms with Crippen LogP contribution < -0.4 is 32.3 Å². The first-order valence-corrected chi connectivity index (χ1v) is 21.9. The number of rotatable bonds is 31. The largest absolute Gasteiger partial charge is 0.382 e. The fraction of sp³-hybridized carbons (Fsp3) is 0.659. The molecule has 0 fully saturated rings. The van der Waals surface area contributed by atoms with Gasteiger partial charge in [-0.05, 0) is 43.5 Å². The number of aromatic nitrogens is 4. The summed E-state index contributed by atoms with van der Waals surface area (Å²) in [7, 11) is 1.90. The van der Waals surface area contributed by atoms with Crippen LogP contribution in [0.3, 0.4) is 0 Å². The van der Waals surface area contributed by atoms with Crippen LogP contribution in [0.1, 0.15) is 171 Å². The van der Waals surface area contributed by atoms with Crippen LogP contribution in [0.4, 0.5) is 17.5 Å². The number of nitrogens with one attached hydrogen (secondary N) is 3. The highest BCUT2D eigenvalue weighted by Gasteiger charge is 2.22. The lowest BCUT2D eigenvalue weighted by Gasteiger charge is -2.20. The molecule has 2 aromatic heterocycles. The van der Waals surface area contributed by atoms with Crippen molar-refractivity contribution in [2.24, 2.45) is 0 Å². The number of hydrogen-bond donors (Lipinski definition) is 5. The van der Waals surface area contributed by atoms with E-state index in [2.05, 4.69) is 49.7 Å². The Labute approximate surface area is 341 Å². The molecule has 3 amide bonds. The highest BCUT2D eigenvalue weighted by Crippen LogP contribution is 2.19. The molecule has 0 radical (unpaired) electrons. The van der Waals surface area contributed by atoms with Crippen LogP contribution in [0.5, 0.6) is 0 Å². The highest BCUT2D eigenvalue weighted by molar-refractivity contribution is 5.98. The van der Waals surface area contributed by atoms with Gasteiger partial charge in [0.15, 0.2) is 17.0 Å². The summed E-state index contributed by atoms with van der Waals surface area (Å²) in [5.41, 5.74) is 14.3. The van der Waals surface area contributed by atoms with E-state index in [1.165, 1.54) is 96.3 Å². The Morgan fingerprint density at radius 2 is 1.21 bits per heavy atom. The maximum absolute atomic E-state index is 13.4. The highest BCUT2D eigenvalue weighted by atomic mass is 16.2. The number of carbonyl (C=O) groups is 3. The molecule has 0 bridgehead atoms. The zero-order valence-electron chi connectivity index (χ0n) is 35.3. The van der Waals surface area contributed by atoms with E-state index in [1.54, 1.807) is 18.3 Å².